The van der Waals surface area contributed by atoms with E-state index in [0.717, 1.165) is 41.4 Å². The van der Waals surface area contributed by atoms with Crippen LogP contribution in [-0.4, -0.2) is 26.8 Å². The Labute approximate surface area is 107 Å². The predicted molar refractivity (Wildman–Crippen MR) is 72.5 cm³/mol. The van der Waals surface area contributed by atoms with E-state index in [1.165, 1.54) is 0 Å². The highest BCUT2D eigenvalue weighted by molar-refractivity contribution is 5.59. The van der Waals surface area contributed by atoms with Crippen LogP contribution in [0.4, 0.5) is 5.82 Å². The molecule has 0 spiro atoms. The van der Waals surface area contributed by atoms with Gasteiger partial charge in [-0.15, -0.1) is 0 Å². The average Bonchev–Trinajstić information content (AvgIpc) is 2.79. The zero-order chi connectivity index (χ0) is 13.1. The number of hydrogen-bond acceptors (Lipinski definition) is 4. The first kappa shape index (κ1) is 12.5. The molecular formula is C13H19N5. The SMILES string of the molecule is CCc1cc(NC)nc(-c2cn(C)nc2CC)n1. The predicted octanol–water partition coefficient (Wildman–Crippen LogP) is 2.04. The molecule has 5 nitrogen and oxygen atoms in total. The van der Waals surface area contributed by atoms with E-state index in [4.69, 9.17) is 0 Å². The number of nitrogens with one attached hydrogen (secondary N) is 1. The molecule has 0 aliphatic heterocycles. The lowest BCUT2D eigenvalue weighted by Crippen LogP contribution is -2.01. The van der Waals surface area contributed by atoms with Gasteiger partial charge in [0, 0.05) is 32.1 Å². The van der Waals surface area contributed by atoms with E-state index in [0.29, 0.717) is 0 Å². The van der Waals surface area contributed by atoms with Crippen molar-refractivity contribution in [1.82, 2.24) is 19.7 Å². The van der Waals surface area contributed by atoms with Crippen molar-refractivity contribution < 1.29 is 0 Å². The third-order valence-electron chi connectivity index (χ3n) is 2.88. The molecule has 0 unspecified atom stereocenters. The molecule has 0 radical (unpaired) electrons. The van der Waals surface area contributed by atoms with Gasteiger partial charge in [-0.25, -0.2) is 9.97 Å². The Balaban J connectivity index is 2.54. The highest BCUT2D eigenvalue weighted by Crippen LogP contribution is 2.21. The molecule has 2 heterocycles. The summed E-state index contributed by atoms with van der Waals surface area (Å²) < 4.78 is 1.81. The van der Waals surface area contributed by atoms with Gasteiger partial charge in [0.05, 0.1) is 11.3 Å². The van der Waals surface area contributed by atoms with Gasteiger partial charge < -0.3 is 5.32 Å². The largest absolute Gasteiger partial charge is 0.373 e. The van der Waals surface area contributed by atoms with Crippen LogP contribution in [0.15, 0.2) is 12.3 Å². The number of anilines is 1. The topological polar surface area (TPSA) is 55.6 Å². The number of rotatable bonds is 4. The van der Waals surface area contributed by atoms with E-state index in [2.05, 4.69) is 34.2 Å². The minimum atomic E-state index is 0.753. The number of nitrogens with zero attached hydrogens (tertiary/aromatic N) is 4. The molecule has 0 saturated heterocycles. The molecule has 2 aromatic rings. The fourth-order valence-electron chi connectivity index (χ4n) is 1.91. The van der Waals surface area contributed by atoms with Crippen molar-refractivity contribution in [2.24, 2.45) is 7.05 Å². The number of hydrogen-bond donors (Lipinski definition) is 1. The maximum atomic E-state index is 4.59. The molecule has 1 N–H and O–H groups in total. The van der Waals surface area contributed by atoms with Crippen LogP contribution in [0.5, 0.6) is 0 Å². The molecule has 0 bridgehead atoms. The molecule has 0 amide bonds. The number of aryl methyl sites for hydroxylation is 3. The van der Waals surface area contributed by atoms with E-state index in [9.17, 15) is 0 Å². The van der Waals surface area contributed by atoms with Gasteiger partial charge >= 0.3 is 0 Å². The molecule has 2 rings (SSSR count). The summed E-state index contributed by atoms with van der Waals surface area (Å²) in [6.45, 7) is 4.18. The van der Waals surface area contributed by atoms with Crippen LogP contribution in [-0.2, 0) is 19.9 Å². The first-order valence-corrected chi connectivity index (χ1v) is 6.26. The van der Waals surface area contributed by atoms with Crippen molar-refractivity contribution in [3.05, 3.63) is 23.7 Å². The zero-order valence-corrected chi connectivity index (χ0v) is 11.4. The van der Waals surface area contributed by atoms with Crippen molar-refractivity contribution in [2.75, 3.05) is 12.4 Å². The van der Waals surface area contributed by atoms with Gasteiger partial charge in [-0.3, -0.25) is 4.68 Å². The fraction of sp³-hybridized carbons (Fsp3) is 0.462. The second kappa shape index (κ2) is 5.16. The summed E-state index contributed by atoms with van der Waals surface area (Å²) >= 11 is 0. The molecule has 0 aliphatic rings. The van der Waals surface area contributed by atoms with E-state index in [-0.39, 0.29) is 0 Å². The Hall–Kier alpha value is -1.91. The quantitative estimate of drug-likeness (QED) is 0.895. The fourth-order valence-corrected chi connectivity index (χ4v) is 1.91. The monoisotopic (exact) mass is 245 g/mol. The van der Waals surface area contributed by atoms with E-state index in [1.54, 1.807) is 0 Å². The average molecular weight is 245 g/mol. The third-order valence-corrected chi connectivity index (χ3v) is 2.88. The molecule has 0 atom stereocenters. The minimum Gasteiger partial charge on any atom is -0.373 e. The van der Waals surface area contributed by atoms with Crippen molar-refractivity contribution >= 4 is 5.82 Å². The van der Waals surface area contributed by atoms with Crippen LogP contribution in [0.2, 0.25) is 0 Å². The van der Waals surface area contributed by atoms with Gasteiger partial charge in [-0.05, 0) is 12.8 Å². The second-order valence-electron chi connectivity index (χ2n) is 4.19. The van der Waals surface area contributed by atoms with Gasteiger partial charge in [0.2, 0.25) is 0 Å². The van der Waals surface area contributed by atoms with Crippen LogP contribution in [0, 0.1) is 0 Å². The smallest absolute Gasteiger partial charge is 0.165 e. The maximum Gasteiger partial charge on any atom is 0.165 e. The first-order valence-electron chi connectivity index (χ1n) is 6.26. The van der Waals surface area contributed by atoms with Gasteiger partial charge in [-0.2, -0.15) is 5.10 Å². The molecule has 5 heteroatoms. The maximum absolute atomic E-state index is 4.59. The molecule has 18 heavy (non-hydrogen) atoms. The third kappa shape index (κ3) is 2.34. The van der Waals surface area contributed by atoms with Gasteiger partial charge in [0.25, 0.3) is 0 Å². The summed E-state index contributed by atoms with van der Waals surface area (Å²) in [4.78, 5) is 9.10. The second-order valence-corrected chi connectivity index (χ2v) is 4.19. The van der Waals surface area contributed by atoms with Gasteiger partial charge in [0.1, 0.15) is 5.82 Å². The zero-order valence-electron chi connectivity index (χ0n) is 11.4. The Morgan fingerprint density at radius 1 is 1.22 bits per heavy atom. The van der Waals surface area contributed by atoms with Crippen LogP contribution >= 0.6 is 0 Å². The lowest BCUT2D eigenvalue weighted by Gasteiger charge is -2.06. The lowest BCUT2D eigenvalue weighted by molar-refractivity contribution is 0.746. The normalized spacial score (nSPS) is 10.7. The van der Waals surface area contributed by atoms with Crippen molar-refractivity contribution in [3.63, 3.8) is 0 Å². The summed E-state index contributed by atoms with van der Waals surface area (Å²) in [6.07, 6.45) is 3.75. The Morgan fingerprint density at radius 2 is 2.00 bits per heavy atom. The molecule has 0 aromatic carbocycles. The lowest BCUT2D eigenvalue weighted by atomic mass is 10.2. The van der Waals surface area contributed by atoms with E-state index >= 15 is 0 Å². The van der Waals surface area contributed by atoms with Crippen LogP contribution in [0.1, 0.15) is 25.2 Å². The molecule has 0 aliphatic carbocycles. The van der Waals surface area contributed by atoms with Crippen LogP contribution < -0.4 is 5.32 Å². The minimum absolute atomic E-state index is 0.753. The van der Waals surface area contributed by atoms with E-state index in [1.807, 2.05) is 31.0 Å². The van der Waals surface area contributed by atoms with Gasteiger partial charge in [0.15, 0.2) is 5.82 Å². The summed E-state index contributed by atoms with van der Waals surface area (Å²) in [5, 5.41) is 7.51. The van der Waals surface area contributed by atoms with Crippen molar-refractivity contribution in [2.45, 2.75) is 26.7 Å². The van der Waals surface area contributed by atoms with Crippen molar-refractivity contribution in [3.8, 4) is 11.4 Å². The molecule has 96 valence electrons. The summed E-state index contributed by atoms with van der Waals surface area (Å²) in [6, 6.07) is 1.98. The highest BCUT2D eigenvalue weighted by atomic mass is 15.3. The Kier molecular flexibility index (Phi) is 3.60. The highest BCUT2D eigenvalue weighted by Gasteiger charge is 2.12. The molecule has 2 aromatic heterocycles. The molecular weight excluding hydrogens is 226 g/mol. The number of aromatic nitrogens is 4. The standard InChI is InChI=1S/C13H19N5/c1-5-9-7-12(14-3)16-13(15-9)10-8-18(4)17-11(10)6-2/h7-8H,5-6H2,1-4H3,(H,14,15,16). The summed E-state index contributed by atoms with van der Waals surface area (Å²) in [7, 11) is 3.79. The molecule has 0 fully saturated rings. The first-order chi connectivity index (χ1) is 8.67. The Bertz CT molecular complexity index is 522. The van der Waals surface area contributed by atoms with Gasteiger partial charge in [-0.1, -0.05) is 13.8 Å². The van der Waals surface area contributed by atoms with E-state index < -0.39 is 0 Å². The summed E-state index contributed by atoms with van der Waals surface area (Å²) in [5.74, 6) is 1.60. The van der Waals surface area contributed by atoms with Crippen LogP contribution in [0.25, 0.3) is 11.4 Å². The van der Waals surface area contributed by atoms with Crippen LogP contribution in [0.3, 0.4) is 0 Å². The molecule has 0 saturated carbocycles. The summed E-state index contributed by atoms with van der Waals surface area (Å²) in [5.41, 5.74) is 3.09. The Morgan fingerprint density at radius 3 is 2.61 bits per heavy atom. The van der Waals surface area contributed by atoms with Crippen molar-refractivity contribution in [1.29, 1.82) is 0 Å².